The maximum atomic E-state index is 10.3. The van der Waals surface area contributed by atoms with Gasteiger partial charge in [0.05, 0.1) is 5.60 Å². The number of hydrogen-bond acceptors (Lipinski definition) is 3. The minimum absolute atomic E-state index is 0.0795. The van der Waals surface area contributed by atoms with Crippen LogP contribution in [0.3, 0.4) is 0 Å². The lowest BCUT2D eigenvalue weighted by Crippen LogP contribution is -2.40. The Balaban J connectivity index is 2.72. The van der Waals surface area contributed by atoms with E-state index in [2.05, 4.69) is 12.2 Å². The van der Waals surface area contributed by atoms with Crippen LogP contribution in [0.25, 0.3) is 0 Å². The smallest absolute Gasteiger partial charge is 0.120 e. The first-order valence-electron chi connectivity index (χ1n) is 6.80. The first-order valence-corrected chi connectivity index (χ1v) is 6.80. The highest BCUT2D eigenvalue weighted by Gasteiger charge is 2.23. The molecule has 18 heavy (non-hydrogen) atoms. The van der Waals surface area contributed by atoms with Gasteiger partial charge in [0.15, 0.2) is 0 Å². The fourth-order valence-corrected chi connectivity index (χ4v) is 2.07. The highest BCUT2D eigenvalue weighted by atomic mass is 16.3. The number of hydrogen-bond donors (Lipinski definition) is 3. The van der Waals surface area contributed by atoms with Crippen LogP contribution in [0.4, 0.5) is 0 Å². The van der Waals surface area contributed by atoms with Crippen LogP contribution in [0.2, 0.25) is 0 Å². The van der Waals surface area contributed by atoms with Crippen LogP contribution in [0.15, 0.2) is 24.3 Å². The zero-order valence-corrected chi connectivity index (χ0v) is 11.6. The molecule has 0 aliphatic rings. The number of para-hydroxylation sites is 1. The Labute approximate surface area is 110 Å². The minimum Gasteiger partial charge on any atom is -0.508 e. The molecule has 102 valence electrons. The van der Waals surface area contributed by atoms with Crippen molar-refractivity contribution in [3.05, 3.63) is 29.8 Å². The van der Waals surface area contributed by atoms with E-state index in [0.717, 1.165) is 24.8 Å². The van der Waals surface area contributed by atoms with Crippen molar-refractivity contribution in [3.63, 3.8) is 0 Å². The number of aromatic hydroxyl groups is 1. The predicted molar refractivity (Wildman–Crippen MR) is 74.7 cm³/mol. The third kappa shape index (κ3) is 3.72. The number of rotatable bonds is 7. The van der Waals surface area contributed by atoms with Gasteiger partial charge in [-0.05, 0) is 25.3 Å². The molecule has 1 atom stereocenters. The van der Waals surface area contributed by atoms with E-state index in [4.69, 9.17) is 0 Å². The SMILES string of the molecule is CCC(NCC(O)(CC)CC)c1ccccc1O. The molecule has 1 rings (SSSR count). The van der Waals surface area contributed by atoms with E-state index in [9.17, 15) is 10.2 Å². The standard InChI is InChI=1S/C15H25NO2/c1-4-13(12-9-7-8-10-14(12)17)16-11-15(18,5-2)6-3/h7-10,13,16-18H,4-6,11H2,1-3H3. The van der Waals surface area contributed by atoms with Crippen LogP contribution >= 0.6 is 0 Å². The molecular formula is C15H25NO2. The predicted octanol–water partition coefficient (Wildman–Crippen LogP) is 2.98. The largest absolute Gasteiger partial charge is 0.508 e. The summed E-state index contributed by atoms with van der Waals surface area (Å²) in [7, 11) is 0. The third-order valence-corrected chi connectivity index (χ3v) is 3.71. The second-order valence-electron chi connectivity index (χ2n) is 4.83. The summed E-state index contributed by atoms with van der Waals surface area (Å²) in [5.74, 6) is 0.313. The molecule has 1 aromatic rings. The zero-order valence-electron chi connectivity index (χ0n) is 11.6. The lowest BCUT2D eigenvalue weighted by molar-refractivity contribution is 0.0296. The van der Waals surface area contributed by atoms with Crippen LogP contribution < -0.4 is 5.32 Å². The van der Waals surface area contributed by atoms with Crippen molar-refractivity contribution < 1.29 is 10.2 Å². The Hall–Kier alpha value is -1.06. The molecule has 3 N–H and O–H groups in total. The molecule has 0 radical (unpaired) electrons. The number of nitrogens with one attached hydrogen (secondary N) is 1. The van der Waals surface area contributed by atoms with E-state index in [1.807, 2.05) is 32.0 Å². The second kappa shape index (κ2) is 6.76. The first kappa shape index (κ1) is 15.0. The van der Waals surface area contributed by atoms with E-state index < -0.39 is 5.60 Å². The van der Waals surface area contributed by atoms with E-state index in [1.165, 1.54) is 0 Å². The van der Waals surface area contributed by atoms with Gasteiger partial charge in [0.1, 0.15) is 5.75 Å². The van der Waals surface area contributed by atoms with Gasteiger partial charge in [0.2, 0.25) is 0 Å². The molecule has 0 spiro atoms. The van der Waals surface area contributed by atoms with Gasteiger partial charge in [-0.15, -0.1) is 0 Å². The Morgan fingerprint density at radius 2 is 1.78 bits per heavy atom. The molecule has 0 aliphatic carbocycles. The highest BCUT2D eigenvalue weighted by Crippen LogP contribution is 2.26. The molecule has 0 saturated carbocycles. The van der Waals surface area contributed by atoms with Gasteiger partial charge in [-0.3, -0.25) is 0 Å². The monoisotopic (exact) mass is 251 g/mol. The summed E-state index contributed by atoms with van der Waals surface area (Å²) in [6, 6.07) is 7.44. The number of aliphatic hydroxyl groups is 1. The summed E-state index contributed by atoms with van der Waals surface area (Å²) in [5.41, 5.74) is 0.243. The lowest BCUT2D eigenvalue weighted by atomic mass is 9.96. The van der Waals surface area contributed by atoms with Gasteiger partial charge >= 0.3 is 0 Å². The summed E-state index contributed by atoms with van der Waals surface area (Å²) < 4.78 is 0. The molecule has 0 fully saturated rings. The molecule has 3 nitrogen and oxygen atoms in total. The van der Waals surface area contributed by atoms with Crippen LogP contribution in [0, 0.1) is 0 Å². The maximum Gasteiger partial charge on any atom is 0.120 e. The maximum absolute atomic E-state index is 10.3. The second-order valence-corrected chi connectivity index (χ2v) is 4.83. The van der Waals surface area contributed by atoms with Crippen LogP contribution in [-0.4, -0.2) is 22.4 Å². The van der Waals surface area contributed by atoms with E-state index in [0.29, 0.717) is 12.3 Å². The Bertz CT molecular complexity index is 361. The van der Waals surface area contributed by atoms with E-state index >= 15 is 0 Å². The van der Waals surface area contributed by atoms with Crippen molar-refractivity contribution in [2.24, 2.45) is 0 Å². The van der Waals surface area contributed by atoms with E-state index in [-0.39, 0.29) is 6.04 Å². The van der Waals surface area contributed by atoms with Gasteiger partial charge in [0.25, 0.3) is 0 Å². The molecule has 1 aromatic carbocycles. The van der Waals surface area contributed by atoms with Crippen molar-refractivity contribution in [3.8, 4) is 5.75 Å². The Morgan fingerprint density at radius 3 is 2.28 bits per heavy atom. The Kier molecular flexibility index (Phi) is 5.63. The van der Waals surface area contributed by atoms with Gasteiger partial charge in [-0.1, -0.05) is 39.0 Å². The minimum atomic E-state index is -0.655. The quantitative estimate of drug-likeness (QED) is 0.698. The van der Waals surface area contributed by atoms with Gasteiger partial charge in [0, 0.05) is 18.2 Å². The fourth-order valence-electron chi connectivity index (χ4n) is 2.07. The summed E-state index contributed by atoms with van der Waals surface area (Å²) in [6.45, 7) is 6.60. The van der Waals surface area contributed by atoms with Gasteiger partial charge < -0.3 is 15.5 Å². The first-order chi connectivity index (χ1) is 8.56. The average Bonchev–Trinajstić information content (AvgIpc) is 2.41. The van der Waals surface area contributed by atoms with Crippen molar-refractivity contribution in [1.82, 2.24) is 5.32 Å². The molecule has 1 unspecified atom stereocenters. The summed E-state index contributed by atoms with van der Waals surface area (Å²) >= 11 is 0. The van der Waals surface area contributed by atoms with Gasteiger partial charge in [-0.25, -0.2) is 0 Å². The average molecular weight is 251 g/mol. The summed E-state index contributed by atoms with van der Waals surface area (Å²) in [6.07, 6.45) is 2.34. The Morgan fingerprint density at radius 1 is 1.17 bits per heavy atom. The molecule has 0 aromatic heterocycles. The van der Waals surface area contributed by atoms with Crippen LogP contribution in [-0.2, 0) is 0 Å². The van der Waals surface area contributed by atoms with Crippen molar-refractivity contribution >= 4 is 0 Å². The fraction of sp³-hybridized carbons (Fsp3) is 0.600. The molecule has 3 heteroatoms. The van der Waals surface area contributed by atoms with Crippen molar-refractivity contribution in [2.75, 3.05) is 6.54 Å². The third-order valence-electron chi connectivity index (χ3n) is 3.71. The molecule has 0 bridgehead atoms. The van der Waals surface area contributed by atoms with Crippen molar-refractivity contribution in [1.29, 1.82) is 0 Å². The molecule has 0 heterocycles. The molecule has 0 saturated heterocycles. The molecule has 0 amide bonds. The number of phenolic OH excluding ortho intramolecular Hbond substituents is 1. The zero-order chi connectivity index (χ0) is 13.6. The van der Waals surface area contributed by atoms with Gasteiger partial charge in [-0.2, -0.15) is 0 Å². The number of benzene rings is 1. The van der Waals surface area contributed by atoms with Crippen LogP contribution in [0.5, 0.6) is 5.75 Å². The van der Waals surface area contributed by atoms with E-state index in [1.54, 1.807) is 6.07 Å². The summed E-state index contributed by atoms with van der Waals surface area (Å²) in [5, 5.41) is 23.5. The normalized spacial score (nSPS) is 13.6. The molecular weight excluding hydrogens is 226 g/mol. The van der Waals surface area contributed by atoms with Crippen molar-refractivity contribution in [2.45, 2.75) is 51.7 Å². The summed E-state index contributed by atoms with van der Waals surface area (Å²) in [4.78, 5) is 0. The molecule has 0 aliphatic heterocycles. The highest BCUT2D eigenvalue weighted by molar-refractivity contribution is 5.34. The topological polar surface area (TPSA) is 52.5 Å². The number of phenols is 1. The lowest BCUT2D eigenvalue weighted by Gasteiger charge is -2.29. The van der Waals surface area contributed by atoms with Crippen LogP contribution in [0.1, 0.15) is 51.6 Å².